The van der Waals surface area contributed by atoms with Crippen LogP contribution in [0.25, 0.3) is 0 Å². The zero-order valence-electron chi connectivity index (χ0n) is 16.8. The van der Waals surface area contributed by atoms with Crippen LogP contribution in [0.2, 0.25) is 0 Å². The Kier molecular flexibility index (Phi) is 6.44. The molecule has 29 heavy (non-hydrogen) atoms. The summed E-state index contributed by atoms with van der Waals surface area (Å²) in [7, 11) is -0.709. The van der Waals surface area contributed by atoms with E-state index in [0.29, 0.717) is 29.1 Å². The van der Waals surface area contributed by atoms with E-state index in [-0.39, 0.29) is 16.9 Å². The number of sulfonamides is 1. The molecule has 1 amide bonds. The van der Waals surface area contributed by atoms with E-state index in [1.165, 1.54) is 30.6 Å². The zero-order chi connectivity index (χ0) is 21.0. The summed E-state index contributed by atoms with van der Waals surface area (Å²) in [6.07, 6.45) is 2.04. The van der Waals surface area contributed by atoms with Crippen LogP contribution < -0.4 is 14.4 Å². The van der Waals surface area contributed by atoms with Gasteiger partial charge in [-0.15, -0.1) is 0 Å². The fraction of sp³-hybridized carbons (Fsp3) is 0.381. The van der Waals surface area contributed by atoms with Crippen LogP contribution in [-0.2, 0) is 14.8 Å². The van der Waals surface area contributed by atoms with E-state index in [1.54, 1.807) is 37.3 Å². The SMILES string of the molecule is COc1ccc(S(=O)(=O)N(C)c2ccc(C(=O)NC[C@H]3CCCO3)cc2C)cc1. The van der Waals surface area contributed by atoms with Crippen molar-refractivity contribution >= 4 is 21.6 Å². The highest BCUT2D eigenvalue weighted by Crippen LogP contribution is 2.27. The van der Waals surface area contributed by atoms with Gasteiger partial charge in [-0.25, -0.2) is 8.42 Å². The first-order chi connectivity index (χ1) is 13.8. The highest BCUT2D eigenvalue weighted by atomic mass is 32.2. The first kappa shape index (κ1) is 21.1. The lowest BCUT2D eigenvalue weighted by molar-refractivity contribution is 0.0857. The molecule has 1 fully saturated rings. The molecule has 1 saturated heterocycles. The molecule has 0 spiro atoms. The first-order valence-corrected chi connectivity index (χ1v) is 10.9. The van der Waals surface area contributed by atoms with Crippen LogP contribution in [-0.4, -0.2) is 47.7 Å². The Hall–Kier alpha value is -2.58. The van der Waals surface area contributed by atoms with Crippen molar-refractivity contribution in [1.82, 2.24) is 5.32 Å². The van der Waals surface area contributed by atoms with E-state index >= 15 is 0 Å². The van der Waals surface area contributed by atoms with Gasteiger partial charge in [0, 0.05) is 25.8 Å². The summed E-state index contributed by atoms with van der Waals surface area (Å²) in [4.78, 5) is 12.6. The number of rotatable bonds is 7. The average molecular weight is 419 g/mol. The van der Waals surface area contributed by atoms with E-state index in [2.05, 4.69) is 5.32 Å². The molecular weight excluding hydrogens is 392 g/mol. The molecule has 7 nitrogen and oxygen atoms in total. The summed E-state index contributed by atoms with van der Waals surface area (Å²) in [5.74, 6) is 0.386. The van der Waals surface area contributed by atoms with Crippen molar-refractivity contribution in [2.24, 2.45) is 0 Å². The normalized spacial score (nSPS) is 16.4. The van der Waals surface area contributed by atoms with Gasteiger partial charge in [-0.1, -0.05) is 0 Å². The quantitative estimate of drug-likeness (QED) is 0.747. The van der Waals surface area contributed by atoms with Gasteiger partial charge >= 0.3 is 0 Å². The number of carbonyl (C=O) groups is 1. The fourth-order valence-corrected chi connectivity index (χ4v) is 4.56. The van der Waals surface area contributed by atoms with Crippen molar-refractivity contribution < 1.29 is 22.7 Å². The third-order valence-corrected chi connectivity index (χ3v) is 6.82. The fourth-order valence-electron chi connectivity index (χ4n) is 3.30. The second-order valence-electron chi connectivity index (χ2n) is 6.99. The van der Waals surface area contributed by atoms with Crippen molar-refractivity contribution in [2.45, 2.75) is 30.8 Å². The number of hydrogen-bond acceptors (Lipinski definition) is 5. The third kappa shape index (κ3) is 4.71. The van der Waals surface area contributed by atoms with Crippen LogP contribution in [0.1, 0.15) is 28.8 Å². The maximum Gasteiger partial charge on any atom is 0.264 e. The standard InChI is InChI=1S/C21H26N2O5S/c1-15-13-16(21(24)22-14-18-5-4-12-28-18)6-11-20(15)23(2)29(25,26)19-9-7-17(27-3)8-10-19/h6-11,13,18H,4-5,12,14H2,1-3H3,(H,22,24)/t18-/m1/s1. The minimum Gasteiger partial charge on any atom is -0.497 e. The van der Waals surface area contributed by atoms with Crippen molar-refractivity contribution in [3.63, 3.8) is 0 Å². The molecule has 1 N–H and O–H groups in total. The number of anilines is 1. The van der Waals surface area contributed by atoms with Crippen LogP contribution >= 0.6 is 0 Å². The summed E-state index contributed by atoms with van der Waals surface area (Å²) < 4.78 is 37.7. The van der Waals surface area contributed by atoms with E-state index in [9.17, 15) is 13.2 Å². The molecule has 0 saturated carbocycles. The number of ether oxygens (including phenoxy) is 2. The van der Waals surface area contributed by atoms with Gasteiger partial charge in [0.1, 0.15) is 5.75 Å². The minimum absolute atomic E-state index is 0.0695. The van der Waals surface area contributed by atoms with Crippen LogP contribution in [0, 0.1) is 6.92 Å². The van der Waals surface area contributed by atoms with E-state index in [4.69, 9.17) is 9.47 Å². The number of methoxy groups -OCH3 is 1. The molecule has 0 unspecified atom stereocenters. The molecule has 0 radical (unpaired) electrons. The molecular formula is C21H26N2O5S. The van der Waals surface area contributed by atoms with Gasteiger partial charge in [0.25, 0.3) is 15.9 Å². The van der Waals surface area contributed by atoms with E-state index in [0.717, 1.165) is 19.4 Å². The first-order valence-electron chi connectivity index (χ1n) is 9.46. The number of benzene rings is 2. The summed E-state index contributed by atoms with van der Waals surface area (Å²) in [5.41, 5.74) is 1.69. The summed E-state index contributed by atoms with van der Waals surface area (Å²) in [6.45, 7) is 3.00. The van der Waals surface area contributed by atoms with Crippen LogP contribution in [0.3, 0.4) is 0 Å². The smallest absolute Gasteiger partial charge is 0.264 e. The maximum absolute atomic E-state index is 12.9. The highest BCUT2D eigenvalue weighted by molar-refractivity contribution is 7.92. The van der Waals surface area contributed by atoms with Crippen molar-refractivity contribution in [3.05, 3.63) is 53.6 Å². The molecule has 1 heterocycles. The molecule has 0 aromatic heterocycles. The number of amides is 1. The Bertz CT molecular complexity index is 967. The highest BCUT2D eigenvalue weighted by Gasteiger charge is 2.23. The Morgan fingerprint density at radius 2 is 1.97 bits per heavy atom. The number of carbonyl (C=O) groups excluding carboxylic acids is 1. The van der Waals surface area contributed by atoms with Crippen LogP contribution in [0.5, 0.6) is 5.75 Å². The Labute approximate surface area is 171 Å². The third-order valence-electron chi connectivity index (χ3n) is 5.03. The lowest BCUT2D eigenvalue weighted by Gasteiger charge is -2.22. The maximum atomic E-state index is 12.9. The molecule has 2 aromatic rings. The van der Waals surface area contributed by atoms with Crippen LogP contribution in [0.15, 0.2) is 47.4 Å². The minimum atomic E-state index is -3.73. The van der Waals surface area contributed by atoms with Gasteiger partial charge in [0.15, 0.2) is 0 Å². The summed E-state index contributed by atoms with van der Waals surface area (Å²) in [5, 5.41) is 2.88. The second kappa shape index (κ2) is 8.84. The number of aryl methyl sites for hydroxylation is 1. The van der Waals surface area contributed by atoms with Gasteiger partial charge in [-0.05, 0) is 67.8 Å². The van der Waals surface area contributed by atoms with Gasteiger partial charge in [0.2, 0.25) is 0 Å². The molecule has 2 aromatic carbocycles. The Balaban J connectivity index is 1.75. The van der Waals surface area contributed by atoms with Crippen molar-refractivity contribution in [3.8, 4) is 5.75 Å². The lowest BCUT2D eigenvalue weighted by atomic mass is 10.1. The predicted octanol–water partition coefficient (Wildman–Crippen LogP) is 2.74. The number of hydrogen-bond donors (Lipinski definition) is 1. The molecule has 0 aliphatic carbocycles. The summed E-state index contributed by atoms with van der Waals surface area (Å²) >= 11 is 0. The van der Waals surface area contributed by atoms with Gasteiger partial charge in [-0.2, -0.15) is 0 Å². The topological polar surface area (TPSA) is 84.9 Å². The molecule has 156 valence electrons. The lowest BCUT2D eigenvalue weighted by Crippen LogP contribution is -2.32. The largest absolute Gasteiger partial charge is 0.497 e. The van der Waals surface area contributed by atoms with Gasteiger partial charge < -0.3 is 14.8 Å². The molecule has 3 rings (SSSR count). The molecule has 1 aliphatic heterocycles. The van der Waals surface area contributed by atoms with Crippen molar-refractivity contribution in [1.29, 1.82) is 0 Å². The van der Waals surface area contributed by atoms with E-state index < -0.39 is 10.0 Å². The summed E-state index contributed by atoms with van der Waals surface area (Å²) in [6, 6.07) is 11.2. The predicted molar refractivity (Wildman–Crippen MR) is 111 cm³/mol. The number of nitrogens with one attached hydrogen (secondary N) is 1. The molecule has 0 bridgehead atoms. The zero-order valence-corrected chi connectivity index (χ0v) is 17.7. The van der Waals surface area contributed by atoms with E-state index in [1.807, 2.05) is 0 Å². The van der Waals surface area contributed by atoms with Crippen LogP contribution in [0.4, 0.5) is 5.69 Å². The average Bonchev–Trinajstić information content (AvgIpc) is 3.25. The monoisotopic (exact) mass is 418 g/mol. The van der Waals surface area contributed by atoms with Gasteiger partial charge in [-0.3, -0.25) is 9.10 Å². The Morgan fingerprint density at radius 3 is 2.55 bits per heavy atom. The second-order valence-corrected chi connectivity index (χ2v) is 8.96. The number of nitrogens with zero attached hydrogens (tertiary/aromatic N) is 1. The molecule has 1 atom stereocenters. The molecule has 8 heteroatoms. The molecule has 1 aliphatic rings. The Morgan fingerprint density at radius 1 is 1.24 bits per heavy atom. The van der Waals surface area contributed by atoms with Gasteiger partial charge in [0.05, 0.1) is 23.8 Å². The van der Waals surface area contributed by atoms with Crippen molar-refractivity contribution in [2.75, 3.05) is 31.6 Å².